The van der Waals surface area contributed by atoms with Crippen molar-refractivity contribution in [2.24, 2.45) is 5.92 Å². The van der Waals surface area contributed by atoms with Crippen LogP contribution in [0.2, 0.25) is 0 Å². The molecule has 3 heterocycles. The maximum absolute atomic E-state index is 13.0. The first-order valence-corrected chi connectivity index (χ1v) is 13.5. The second-order valence-electron chi connectivity index (χ2n) is 9.88. The number of aryl methyl sites for hydroxylation is 1. The average Bonchev–Trinajstić information content (AvgIpc) is 3.15. The fraction of sp³-hybridized carbons (Fsp3) is 0.680. The highest BCUT2D eigenvalue weighted by atomic mass is 32.1. The lowest BCUT2D eigenvalue weighted by Gasteiger charge is -2.30. The van der Waals surface area contributed by atoms with Crippen molar-refractivity contribution < 1.29 is 23.0 Å². The van der Waals surface area contributed by atoms with E-state index < -0.39 is 12.5 Å². The molecule has 0 unspecified atom stereocenters. The molecule has 36 heavy (non-hydrogen) atoms. The zero-order valence-corrected chi connectivity index (χ0v) is 21.8. The molecule has 11 heteroatoms. The Morgan fingerprint density at radius 2 is 1.89 bits per heavy atom. The highest BCUT2D eigenvalue weighted by Crippen LogP contribution is 2.30. The molecule has 2 aromatic rings. The molecule has 0 radical (unpaired) electrons. The van der Waals surface area contributed by atoms with Gasteiger partial charge in [-0.15, -0.1) is 0 Å². The van der Waals surface area contributed by atoms with Crippen LogP contribution in [-0.2, 0) is 17.6 Å². The Labute approximate surface area is 214 Å². The summed E-state index contributed by atoms with van der Waals surface area (Å²) < 4.78 is 36.7. The van der Waals surface area contributed by atoms with Crippen LogP contribution < -0.4 is 14.8 Å². The third-order valence-corrected chi connectivity index (χ3v) is 7.79. The SMILES string of the molecule is Cc1ncc(OCC(=O)N[C@H]2CC[C@H](CCN3CCc4nc(OCC(C)(F)F)sc4CC3)CC2)cn1. The molecule has 1 aliphatic carbocycles. The number of amides is 1. The zero-order valence-electron chi connectivity index (χ0n) is 21.0. The number of thiazole rings is 1. The number of ether oxygens (including phenoxy) is 2. The molecule has 2 aromatic heterocycles. The van der Waals surface area contributed by atoms with Crippen LogP contribution in [0.4, 0.5) is 8.78 Å². The molecule has 198 valence electrons. The van der Waals surface area contributed by atoms with Gasteiger partial charge in [-0.05, 0) is 57.9 Å². The van der Waals surface area contributed by atoms with Crippen LogP contribution in [0.3, 0.4) is 0 Å². The molecular formula is C25H35F2N5O3S. The monoisotopic (exact) mass is 523 g/mol. The average molecular weight is 524 g/mol. The summed E-state index contributed by atoms with van der Waals surface area (Å²) in [6.45, 7) is 4.92. The molecule has 1 amide bonds. The number of hydrogen-bond donors (Lipinski definition) is 1. The molecule has 2 aliphatic rings. The van der Waals surface area contributed by atoms with Gasteiger partial charge < -0.3 is 19.7 Å². The predicted molar refractivity (Wildman–Crippen MR) is 133 cm³/mol. The van der Waals surface area contributed by atoms with Crippen molar-refractivity contribution in [3.05, 3.63) is 28.8 Å². The van der Waals surface area contributed by atoms with E-state index in [0.29, 0.717) is 22.7 Å². The molecule has 0 atom stereocenters. The summed E-state index contributed by atoms with van der Waals surface area (Å²) in [6, 6.07) is 0.205. The molecule has 1 aliphatic heterocycles. The predicted octanol–water partition coefficient (Wildman–Crippen LogP) is 3.82. The van der Waals surface area contributed by atoms with E-state index in [4.69, 9.17) is 9.47 Å². The van der Waals surface area contributed by atoms with Crippen molar-refractivity contribution in [1.82, 2.24) is 25.2 Å². The Bertz CT molecular complexity index is 965. The minimum atomic E-state index is -2.85. The van der Waals surface area contributed by atoms with Gasteiger partial charge in [0, 0.05) is 37.4 Å². The van der Waals surface area contributed by atoms with Crippen molar-refractivity contribution in [1.29, 1.82) is 0 Å². The van der Waals surface area contributed by atoms with E-state index in [1.54, 1.807) is 19.3 Å². The summed E-state index contributed by atoms with van der Waals surface area (Å²) in [4.78, 5) is 28.5. The van der Waals surface area contributed by atoms with Crippen LogP contribution >= 0.6 is 11.3 Å². The quantitative estimate of drug-likeness (QED) is 0.506. The molecule has 0 aromatic carbocycles. The lowest BCUT2D eigenvalue weighted by molar-refractivity contribution is -0.124. The maximum Gasteiger partial charge on any atom is 0.278 e. The maximum atomic E-state index is 13.0. The van der Waals surface area contributed by atoms with Crippen LogP contribution in [0.25, 0.3) is 0 Å². The first kappa shape index (κ1) is 26.7. The summed E-state index contributed by atoms with van der Waals surface area (Å²) >= 11 is 1.40. The number of alkyl halides is 2. The van der Waals surface area contributed by atoms with Gasteiger partial charge in [0.15, 0.2) is 19.0 Å². The Balaban J connectivity index is 1.11. The Kier molecular flexibility index (Phi) is 9.05. The third kappa shape index (κ3) is 8.33. The van der Waals surface area contributed by atoms with Crippen molar-refractivity contribution in [2.75, 3.05) is 32.8 Å². The van der Waals surface area contributed by atoms with Gasteiger partial charge in [-0.1, -0.05) is 11.3 Å². The summed E-state index contributed by atoms with van der Waals surface area (Å²) in [5.41, 5.74) is 0.993. The smallest absolute Gasteiger partial charge is 0.278 e. The van der Waals surface area contributed by atoms with Gasteiger partial charge in [-0.25, -0.2) is 23.7 Å². The third-order valence-electron chi connectivity index (χ3n) is 6.72. The van der Waals surface area contributed by atoms with Gasteiger partial charge in [0.1, 0.15) is 5.82 Å². The molecule has 4 rings (SSSR count). The van der Waals surface area contributed by atoms with Crippen LogP contribution in [0, 0.1) is 12.8 Å². The van der Waals surface area contributed by atoms with Gasteiger partial charge in [0.05, 0.1) is 18.1 Å². The normalized spacial score (nSPS) is 20.9. The van der Waals surface area contributed by atoms with Crippen LogP contribution in [-0.4, -0.2) is 70.6 Å². The molecule has 1 saturated carbocycles. The number of aromatic nitrogens is 3. The minimum Gasteiger partial charge on any atom is -0.481 e. The number of carbonyl (C=O) groups is 1. The van der Waals surface area contributed by atoms with E-state index in [0.717, 1.165) is 82.1 Å². The Morgan fingerprint density at radius 1 is 1.17 bits per heavy atom. The van der Waals surface area contributed by atoms with Crippen molar-refractivity contribution in [3.63, 3.8) is 0 Å². The number of rotatable bonds is 10. The standard InChI is InChI=1S/C25H35F2N5O3S/c1-17-28-13-20(14-29-17)34-15-23(33)30-19-5-3-18(4-6-19)7-10-32-11-8-21-22(9-12-32)36-24(31-21)35-16-25(2,26)27/h13-14,18-19H,3-12,15-16H2,1-2H3,(H,30,33)/t18-,19-. The fourth-order valence-corrected chi connectivity index (χ4v) is 5.64. The number of hydrogen-bond acceptors (Lipinski definition) is 8. The molecule has 0 bridgehead atoms. The molecular weight excluding hydrogens is 488 g/mol. The highest BCUT2D eigenvalue weighted by Gasteiger charge is 2.26. The van der Waals surface area contributed by atoms with Crippen LogP contribution in [0.15, 0.2) is 12.4 Å². The van der Waals surface area contributed by atoms with E-state index in [9.17, 15) is 13.6 Å². The number of fused-ring (bicyclic) bond motifs is 1. The second kappa shape index (κ2) is 12.2. The Morgan fingerprint density at radius 3 is 2.61 bits per heavy atom. The number of carbonyl (C=O) groups excluding carboxylic acids is 1. The first-order chi connectivity index (χ1) is 17.2. The van der Waals surface area contributed by atoms with Crippen LogP contribution in [0.5, 0.6) is 10.9 Å². The van der Waals surface area contributed by atoms with Gasteiger partial charge in [-0.2, -0.15) is 0 Å². The Hall–Kier alpha value is -2.40. The number of halogens is 2. The van der Waals surface area contributed by atoms with Gasteiger partial charge >= 0.3 is 0 Å². The first-order valence-electron chi connectivity index (χ1n) is 12.7. The summed E-state index contributed by atoms with van der Waals surface area (Å²) in [7, 11) is 0. The number of nitrogens with one attached hydrogen (secondary N) is 1. The topological polar surface area (TPSA) is 89.5 Å². The van der Waals surface area contributed by atoms with E-state index >= 15 is 0 Å². The fourth-order valence-electron chi connectivity index (χ4n) is 4.69. The zero-order chi connectivity index (χ0) is 25.5. The lowest BCUT2D eigenvalue weighted by atomic mass is 9.84. The summed E-state index contributed by atoms with van der Waals surface area (Å²) in [6.07, 6.45) is 10.2. The van der Waals surface area contributed by atoms with Crippen molar-refractivity contribution in [2.45, 2.75) is 70.8 Å². The van der Waals surface area contributed by atoms with E-state index in [2.05, 4.69) is 25.2 Å². The second-order valence-corrected chi connectivity index (χ2v) is 10.9. The molecule has 8 nitrogen and oxygen atoms in total. The van der Waals surface area contributed by atoms with Gasteiger partial charge in [0.2, 0.25) is 0 Å². The molecule has 0 saturated heterocycles. The largest absolute Gasteiger partial charge is 0.481 e. The molecule has 0 spiro atoms. The molecule has 1 N–H and O–H groups in total. The van der Waals surface area contributed by atoms with E-state index in [1.165, 1.54) is 11.3 Å². The van der Waals surface area contributed by atoms with E-state index in [1.807, 2.05) is 0 Å². The van der Waals surface area contributed by atoms with Crippen LogP contribution in [0.1, 0.15) is 55.4 Å². The highest BCUT2D eigenvalue weighted by molar-refractivity contribution is 7.13. The summed E-state index contributed by atoms with van der Waals surface area (Å²) in [5, 5.41) is 3.45. The molecule has 1 fully saturated rings. The van der Waals surface area contributed by atoms with Crippen molar-refractivity contribution in [3.8, 4) is 10.9 Å². The van der Waals surface area contributed by atoms with Crippen molar-refractivity contribution >= 4 is 17.2 Å². The van der Waals surface area contributed by atoms with Gasteiger partial charge in [0.25, 0.3) is 17.0 Å². The summed E-state index contributed by atoms with van der Waals surface area (Å²) in [5.74, 6) is -1.13. The van der Waals surface area contributed by atoms with E-state index in [-0.39, 0.29) is 18.6 Å². The minimum absolute atomic E-state index is 0.0274. The van der Waals surface area contributed by atoms with Gasteiger partial charge in [-0.3, -0.25) is 4.79 Å². The number of nitrogens with zero attached hydrogens (tertiary/aromatic N) is 4. The lowest BCUT2D eigenvalue weighted by Crippen LogP contribution is -2.40.